The van der Waals surface area contributed by atoms with Crippen molar-refractivity contribution in [1.82, 2.24) is 9.97 Å². The van der Waals surface area contributed by atoms with Crippen LogP contribution in [0.15, 0.2) is 59.0 Å². The fourth-order valence-corrected chi connectivity index (χ4v) is 5.08. The molecule has 0 atom stereocenters. The molecule has 0 saturated heterocycles. The summed E-state index contributed by atoms with van der Waals surface area (Å²) in [5, 5.41) is 27.3. The summed E-state index contributed by atoms with van der Waals surface area (Å²) in [6, 6.07) is 8.85. The molecule has 0 bridgehead atoms. The summed E-state index contributed by atoms with van der Waals surface area (Å²) in [7, 11) is 0. The molecule has 11 heteroatoms. The highest BCUT2D eigenvalue weighted by Gasteiger charge is 2.21. The summed E-state index contributed by atoms with van der Waals surface area (Å²) in [4.78, 5) is 33.9. The molecule has 184 valence electrons. The fourth-order valence-electron chi connectivity index (χ4n) is 3.44. The minimum absolute atomic E-state index is 0.00103. The first-order valence-corrected chi connectivity index (χ1v) is 12.9. The smallest absolute Gasteiger partial charge is 0.303 e. The third kappa shape index (κ3) is 6.37. The van der Waals surface area contributed by atoms with Gasteiger partial charge < -0.3 is 5.11 Å². The van der Waals surface area contributed by atoms with Gasteiger partial charge in [0.25, 0.3) is 5.91 Å². The summed E-state index contributed by atoms with van der Waals surface area (Å²) < 4.78 is 0. The number of nitrogens with zero attached hydrogens (tertiary/aromatic N) is 3. The van der Waals surface area contributed by atoms with Crippen molar-refractivity contribution in [3.05, 3.63) is 75.8 Å². The van der Waals surface area contributed by atoms with E-state index in [2.05, 4.69) is 31.9 Å². The predicted octanol–water partition coefficient (Wildman–Crippen LogP) is 5.13. The Balaban J connectivity index is 1.55. The van der Waals surface area contributed by atoms with E-state index in [1.807, 2.05) is 23.6 Å². The Hall–Kier alpha value is -3.96. The number of carbonyl (C=O) groups excluding carboxylic acids is 1. The molecule has 1 aliphatic rings. The zero-order valence-corrected chi connectivity index (χ0v) is 21.1. The minimum Gasteiger partial charge on any atom is -0.481 e. The number of aryl methyl sites for hydroxylation is 2. The molecule has 0 radical (unpaired) electrons. The monoisotopic (exact) mass is 520 g/mol. The van der Waals surface area contributed by atoms with Gasteiger partial charge in [0.05, 0.1) is 23.5 Å². The molecule has 2 aromatic heterocycles. The molecule has 9 nitrogen and oxygen atoms in total. The molecule has 0 unspecified atom stereocenters. The highest BCUT2D eigenvalue weighted by atomic mass is 32.1. The number of hydrogen-bond donors (Lipinski definition) is 4. The molecule has 2 heterocycles. The average Bonchev–Trinajstić information content (AvgIpc) is 3.50. The molecule has 4 N–H and O–H groups in total. The van der Waals surface area contributed by atoms with E-state index in [1.54, 1.807) is 31.2 Å². The van der Waals surface area contributed by atoms with Gasteiger partial charge in [-0.2, -0.15) is 5.10 Å². The van der Waals surface area contributed by atoms with E-state index in [-0.39, 0.29) is 17.8 Å². The van der Waals surface area contributed by atoms with Gasteiger partial charge in [0.2, 0.25) is 5.13 Å². The molecule has 4 rings (SSSR count). The number of allylic oxidation sites excluding steroid dienone is 4. The van der Waals surface area contributed by atoms with Gasteiger partial charge in [0.1, 0.15) is 0 Å². The molecule has 0 fully saturated rings. The van der Waals surface area contributed by atoms with Gasteiger partial charge >= 0.3 is 5.97 Å². The Bertz CT molecular complexity index is 1370. The number of nitrogens with one attached hydrogen (secondary N) is 3. The first-order chi connectivity index (χ1) is 17.4. The van der Waals surface area contributed by atoms with E-state index < -0.39 is 11.9 Å². The standard InChI is InChI=1S/C25H24N6O3S2/c1-15-19(12-13-20(32)33)36-25(27-15)31-30-22(21(26)17-10-6-3-7-11-17)23(34)29-24-28-18(14-35-24)16-8-4-2-5-9-16/h2-4,6-8,10-11,14,26H,5,9,12-13H2,1H3,(H,27,31)(H,32,33)(H,28,29,34)/b26-21?,30-22-. The first kappa shape index (κ1) is 25.1. The number of rotatable bonds is 10. The number of carbonyl (C=O) groups is 2. The second-order valence-corrected chi connectivity index (χ2v) is 9.83. The summed E-state index contributed by atoms with van der Waals surface area (Å²) in [5.41, 5.74) is 5.76. The SMILES string of the molecule is Cc1nc(N/N=C(/C(=N)c2ccccc2)C(=O)Nc2nc(C3=CC=CCC3)cs2)sc1CCC(=O)O. The maximum Gasteiger partial charge on any atom is 0.303 e. The van der Waals surface area contributed by atoms with Gasteiger partial charge in [-0.25, -0.2) is 9.97 Å². The number of hydrazone groups is 1. The van der Waals surface area contributed by atoms with Crippen LogP contribution >= 0.6 is 22.7 Å². The van der Waals surface area contributed by atoms with Crippen molar-refractivity contribution in [3.8, 4) is 0 Å². The van der Waals surface area contributed by atoms with Crippen LogP contribution in [0, 0.1) is 12.3 Å². The summed E-state index contributed by atoms with van der Waals surface area (Å²) in [5.74, 6) is -1.46. The Morgan fingerprint density at radius 3 is 2.72 bits per heavy atom. The first-order valence-electron chi connectivity index (χ1n) is 11.2. The number of benzene rings is 1. The third-order valence-corrected chi connectivity index (χ3v) is 7.18. The van der Waals surface area contributed by atoms with Crippen molar-refractivity contribution < 1.29 is 14.7 Å². The van der Waals surface area contributed by atoms with Gasteiger partial charge in [0.15, 0.2) is 10.8 Å². The third-order valence-electron chi connectivity index (χ3n) is 5.30. The van der Waals surface area contributed by atoms with Crippen LogP contribution in [-0.4, -0.2) is 38.4 Å². The summed E-state index contributed by atoms with van der Waals surface area (Å²) >= 11 is 2.58. The van der Waals surface area contributed by atoms with Crippen LogP contribution in [-0.2, 0) is 16.0 Å². The van der Waals surface area contributed by atoms with Crippen LogP contribution in [0.4, 0.5) is 10.3 Å². The van der Waals surface area contributed by atoms with Gasteiger partial charge in [-0.05, 0) is 31.8 Å². The molecular weight excluding hydrogens is 496 g/mol. The molecule has 36 heavy (non-hydrogen) atoms. The van der Waals surface area contributed by atoms with Crippen LogP contribution < -0.4 is 10.7 Å². The van der Waals surface area contributed by atoms with Gasteiger partial charge in [-0.1, -0.05) is 48.6 Å². The molecule has 3 aromatic rings. The van der Waals surface area contributed by atoms with Crippen LogP contribution in [0.25, 0.3) is 5.57 Å². The molecule has 1 amide bonds. The van der Waals surface area contributed by atoms with Crippen LogP contribution in [0.1, 0.15) is 41.1 Å². The zero-order valence-electron chi connectivity index (χ0n) is 19.4. The number of carboxylic acid groups (broad SMARTS) is 1. The van der Waals surface area contributed by atoms with Crippen molar-refractivity contribution >= 4 is 61.8 Å². The Labute approximate surface area is 215 Å². The molecule has 1 aliphatic carbocycles. The van der Waals surface area contributed by atoms with Gasteiger partial charge in [0, 0.05) is 15.8 Å². The largest absolute Gasteiger partial charge is 0.481 e. The highest BCUT2D eigenvalue weighted by Crippen LogP contribution is 2.27. The molecule has 0 aliphatic heterocycles. The van der Waals surface area contributed by atoms with E-state index in [0.29, 0.717) is 27.9 Å². The Kier molecular flexibility index (Phi) is 8.13. The molecular formula is C25H24N6O3S2. The number of amides is 1. The van der Waals surface area contributed by atoms with E-state index in [4.69, 9.17) is 10.5 Å². The summed E-state index contributed by atoms with van der Waals surface area (Å²) in [6.07, 6.45) is 8.33. The number of aliphatic carboxylic acids is 1. The number of carboxylic acids is 1. The molecule has 1 aromatic carbocycles. The zero-order chi connectivity index (χ0) is 25.5. The number of hydrogen-bond acceptors (Lipinski definition) is 9. The predicted molar refractivity (Wildman–Crippen MR) is 144 cm³/mol. The van der Waals surface area contributed by atoms with E-state index in [9.17, 15) is 9.59 Å². The number of thiazole rings is 2. The molecule has 0 saturated carbocycles. The van der Waals surface area contributed by atoms with E-state index in [1.165, 1.54) is 22.7 Å². The lowest BCUT2D eigenvalue weighted by Gasteiger charge is -2.08. The van der Waals surface area contributed by atoms with E-state index >= 15 is 0 Å². The lowest BCUT2D eigenvalue weighted by Crippen LogP contribution is -2.31. The Morgan fingerprint density at radius 1 is 1.19 bits per heavy atom. The van der Waals surface area contributed by atoms with Crippen molar-refractivity contribution in [2.75, 3.05) is 10.7 Å². The lowest BCUT2D eigenvalue weighted by atomic mass is 10.0. The second-order valence-electron chi connectivity index (χ2n) is 7.89. The maximum atomic E-state index is 13.2. The van der Waals surface area contributed by atoms with Crippen molar-refractivity contribution in [1.29, 1.82) is 5.41 Å². The number of aromatic nitrogens is 2. The van der Waals surface area contributed by atoms with Gasteiger partial charge in [-0.15, -0.1) is 22.7 Å². The van der Waals surface area contributed by atoms with Crippen molar-refractivity contribution in [2.24, 2.45) is 5.10 Å². The van der Waals surface area contributed by atoms with Gasteiger partial charge in [-0.3, -0.25) is 25.7 Å². The fraction of sp³-hybridized carbons (Fsp3) is 0.200. The molecule has 0 spiro atoms. The average molecular weight is 521 g/mol. The topological polar surface area (TPSA) is 140 Å². The van der Waals surface area contributed by atoms with Crippen LogP contribution in [0.2, 0.25) is 0 Å². The highest BCUT2D eigenvalue weighted by molar-refractivity contribution is 7.15. The Morgan fingerprint density at radius 2 is 2.00 bits per heavy atom. The van der Waals surface area contributed by atoms with Crippen LogP contribution in [0.5, 0.6) is 0 Å². The summed E-state index contributed by atoms with van der Waals surface area (Å²) in [6.45, 7) is 1.79. The normalized spacial score (nSPS) is 13.2. The maximum absolute atomic E-state index is 13.2. The van der Waals surface area contributed by atoms with Crippen molar-refractivity contribution in [2.45, 2.75) is 32.6 Å². The quantitative estimate of drug-likeness (QED) is 0.216. The van der Waals surface area contributed by atoms with E-state index in [0.717, 1.165) is 29.0 Å². The lowest BCUT2D eigenvalue weighted by molar-refractivity contribution is -0.136. The van der Waals surface area contributed by atoms with Crippen LogP contribution in [0.3, 0.4) is 0 Å². The minimum atomic E-state index is -0.882. The van der Waals surface area contributed by atoms with Crippen molar-refractivity contribution in [3.63, 3.8) is 0 Å². The second kappa shape index (κ2) is 11.6. The number of anilines is 2.